The van der Waals surface area contributed by atoms with Crippen LogP contribution in [0.1, 0.15) is 48.4 Å². The highest BCUT2D eigenvalue weighted by Gasteiger charge is 2.42. The van der Waals surface area contributed by atoms with Gasteiger partial charge >= 0.3 is 0 Å². The van der Waals surface area contributed by atoms with Crippen molar-refractivity contribution in [2.24, 2.45) is 5.92 Å². The molecule has 1 atom stereocenters. The van der Waals surface area contributed by atoms with Crippen LogP contribution in [-0.4, -0.2) is 58.7 Å². The third-order valence-corrected chi connectivity index (χ3v) is 11.2. The number of anilines is 1. The highest BCUT2D eigenvalue weighted by atomic mass is 32.2. The van der Waals surface area contributed by atoms with Crippen LogP contribution >= 0.6 is 24.0 Å². The van der Waals surface area contributed by atoms with E-state index in [1.165, 1.54) is 10.5 Å². The summed E-state index contributed by atoms with van der Waals surface area (Å²) < 4.78 is 26.1. The molecule has 210 valence electrons. The Morgan fingerprint density at radius 2 is 1.85 bits per heavy atom. The largest absolute Gasteiger partial charge is 0.357 e. The minimum Gasteiger partial charge on any atom is -0.357 e. The molecule has 0 bridgehead atoms. The Morgan fingerprint density at radius 1 is 1.15 bits per heavy atom. The van der Waals surface area contributed by atoms with Crippen molar-refractivity contribution < 1.29 is 13.2 Å². The Bertz CT molecular complexity index is 1580. The number of pyridine rings is 1. The minimum absolute atomic E-state index is 0.0459. The van der Waals surface area contributed by atoms with Crippen molar-refractivity contribution in [2.75, 3.05) is 29.5 Å². The number of nitrogens with zero attached hydrogens (tertiary/aromatic N) is 4. The summed E-state index contributed by atoms with van der Waals surface area (Å²) in [5.41, 5.74) is 2.25. The zero-order chi connectivity index (χ0) is 28.6. The number of hydrogen-bond acceptors (Lipinski definition) is 8. The number of carbonyl (C=O) groups excluding carboxylic acids is 1. The van der Waals surface area contributed by atoms with E-state index in [2.05, 4.69) is 35.2 Å². The summed E-state index contributed by atoms with van der Waals surface area (Å²) in [6, 6.07) is 12.1. The molecule has 0 radical (unpaired) electrons. The Morgan fingerprint density at radius 3 is 2.45 bits per heavy atom. The maximum absolute atomic E-state index is 13.5. The molecule has 1 unspecified atom stereocenters. The molecule has 2 aromatic rings. The summed E-state index contributed by atoms with van der Waals surface area (Å²) >= 11 is 6.66. The van der Waals surface area contributed by atoms with Gasteiger partial charge in [0.1, 0.15) is 21.8 Å². The van der Waals surface area contributed by atoms with Gasteiger partial charge in [-0.3, -0.25) is 19.1 Å². The van der Waals surface area contributed by atoms with Gasteiger partial charge in [0.05, 0.1) is 22.5 Å². The van der Waals surface area contributed by atoms with Crippen LogP contribution in [-0.2, 0) is 27.6 Å². The predicted molar refractivity (Wildman–Crippen MR) is 163 cm³/mol. The molecule has 3 aliphatic rings. The predicted octanol–water partition coefficient (Wildman–Crippen LogP) is 3.90. The van der Waals surface area contributed by atoms with Gasteiger partial charge in [0, 0.05) is 25.2 Å². The second-order valence-electron chi connectivity index (χ2n) is 10.6. The van der Waals surface area contributed by atoms with Gasteiger partial charge in [-0.1, -0.05) is 54.3 Å². The van der Waals surface area contributed by atoms with Crippen LogP contribution in [0.2, 0.25) is 0 Å². The molecule has 1 aromatic heterocycles. The molecule has 1 aromatic carbocycles. The fourth-order valence-electron chi connectivity index (χ4n) is 5.98. The average molecular weight is 597 g/mol. The average Bonchev–Trinajstić information content (AvgIpc) is 3.43. The van der Waals surface area contributed by atoms with Crippen molar-refractivity contribution in [3.05, 3.63) is 67.8 Å². The molecular weight excluding hydrogens is 565 g/mol. The van der Waals surface area contributed by atoms with E-state index in [4.69, 9.17) is 12.2 Å². The Labute approximate surface area is 244 Å². The highest BCUT2D eigenvalue weighted by Crippen LogP contribution is 2.39. The van der Waals surface area contributed by atoms with E-state index in [0.29, 0.717) is 39.2 Å². The van der Waals surface area contributed by atoms with E-state index in [0.717, 1.165) is 49.9 Å². The third-order valence-electron chi connectivity index (χ3n) is 8.12. The van der Waals surface area contributed by atoms with E-state index in [1.807, 2.05) is 13.0 Å². The smallest absolute Gasteiger partial charge is 0.270 e. The van der Waals surface area contributed by atoms with E-state index in [-0.39, 0.29) is 28.5 Å². The fourth-order valence-corrected chi connectivity index (χ4v) is 9.06. The zero-order valence-corrected chi connectivity index (χ0v) is 25.1. The molecule has 1 amide bonds. The Kier molecular flexibility index (Phi) is 8.22. The van der Waals surface area contributed by atoms with Gasteiger partial charge in [-0.05, 0) is 62.7 Å². The number of thioether (sulfide) groups is 1. The number of nitriles is 1. The van der Waals surface area contributed by atoms with Crippen molar-refractivity contribution in [1.29, 1.82) is 5.26 Å². The van der Waals surface area contributed by atoms with Crippen LogP contribution in [0.3, 0.4) is 0 Å². The van der Waals surface area contributed by atoms with Crippen molar-refractivity contribution in [2.45, 2.75) is 52.1 Å². The normalized spacial score (nSPS) is 22.3. The second-order valence-corrected chi connectivity index (χ2v) is 14.5. The minimum atomic E-state index is -3.19. The van der Waals surface area contributed by atoms with Crippen LogP contribution in [0.25, 0.3) is 6.08 Å². The van der Waals surface area contributed by atoms with E-state index in [1.54, 1.807) is 17.6 Å². The number of aromatic nitrogens is 1. The molecule has 0 aliphatic carbocycles. The number of sulfone groups is 1. The lowest BCUT2D eigenvalue weighted by Crippen LogP contribution is -2.40. The lowest BCUT2D eigenvalue weighted by Gasteiger charge is -2.36. The van der Waals surface area contributed by atoms with E-state index >= 15 is 0 Å². The number of carbonyl (C=O) groups is 1. The number of piperidine rings is 1. The maximum atomic E-state index is 13.5. The zero-order valence-electron chi connectivity index (χ0n) is 22.6. The van der Waals surface area contributed by atoms with Crippen molar-refractivity contribution in [3.63, 3.8) is 0 Å². The molecule has 0 N–H and O–H groups in total. The van der Waals surface area contributed by atoms with Gasteiger partial charge in [-0.25, -0.2) is 8.42 Å². The molecular formula is C29H32N4O4S3. The quantitative estimate of drug-likeness (QED) is 0.366. The van der Waals surface area contributed by atoms with E-state index < -0.39 is 15.9 Å². The first-order valence-electron chi connectivity index (χ1n) is 13.6. The van der Waals surface area contributed by atoms with E-state index in [9.17, 15) is 23.3 Å². The van der Waals surface area contributed by atoms with Gasteiger partial charge in [0.15, 0.2) is 9.84 Å². The molecule has 3 saturated heterocycles. The van der Waals surface area contributed by atoms with Gasteiger partial charge in [-0.15, -0.1) is 0 Å². The molecule has 8 nitrogen and oxygen atoms in total. The van der Waals surface area contributed by atoms with Crippen molar-refractivity contribution >= 4 is 55.9 Å². The lowest BCUT2D eigenvalue weighted by molar-refractivity contribution is -0.123. The number of benzene rings is 1. The number of thiocarbonyl (C=S) groups is 1. The molecule has 4 heterocycles. The molecule has 3 aliphatic heterocycles. The molecule has 3 fully saturated rings. The first-order valence-corrected chi connectivity index (χ1v) is 16.6. The first kappa shape index (κ1) is 28.6. The third kappa shape index (κ3) is 5.49. The van der Waals surface area contributed by atoms with Crippen LogP contribution in [0.4, 0.5) is 5.82 Å². The Hall–Kier alpha value is -2.94. The van der Waals surface area contributed by atoms with Crippen molar-refractivity contribution in [1.82, 2.24) is 9.47 Å². The summed E-state index contributed by atoms with van der Waals surface area (Å²) in [6.45, 7) is 5.53. The van der Waals surface area contributed by atoms with Crippen LogP contribution < -0.4 is 10.5 Å². The highest BCUT2D eigenvalue weighted by molar-refractivity contribution is 8.26. The van der Waals surface area contributed by atoms with Gasteiger partial charge in [-0.2, -0.15) is 5.26 Å². The van der Waals surface area contributed by atoms with Crippen LogP contribution in [0.15, 0.2) is 40.0 Å². The second kappa shape index (κ2) is 11.5. The molecule has 11 heteroatoms. The summed E-state index contributed by atoms with van der Waals surface area (Å²) in [5.74, 6) is 0.883. The standard InChI is InChI=1S/C29H32N4O4S3/c1-3-32-26(31-12-9-21(10-13-31)15-20-7-5-4-6-8-20)23(19(2)24(17-30)27(32)34)16-25-28(35)33(29(38)39-25)22-11-14-40(36,37)18-22/h4-8,16,21-22H,3,9-15,18H2,1-2H3/b25-16+. The first-order chi connectivity index (χ1) is 19.1. The summed E-state index contributed by atoms with van der Waals surface area (Å²) in [6.07, 6.45) is 5.04. The molecule has 5 rings (SSSR count). The summed E-state index contributed by atoms with van der Waals surface area (Å²) in [5, 5.41) is 9.85. The summed E-state index contributed by atoms with van der Waals surface area (Å²) in [4.78, 5) is 30.9. The molecule has 40 heavy (non-hydrogen) atoms. The monoisotopic (exact) mass is 596 g/mol. The summed E-state index contributed by atoms with van der Waals surface area (Å²) in [7, 11) is -3.19. The van der Waals surface area contributed by atoms with Crippen molar-refractivity contribution in [3.8, 4) is 6.07 Å². The van der Waals surface area contributed by atoms with Crippen LogP contribution in [0, 0.1) is 24.2 Å². The topological polar surface area (TPSA) is 103 Å². The maximum Gasteiger partial charge on any atom is 0.270 e. The fraction of sp³-hybridized carbons (Fsp3) is 0.448. The lowest BCUT2D eigenvalue weighted by atomic mass is 9.90. The molecule has 0 spiro atoms. The Balaban J connectivity index is 1.49. The SMILES string of the molecule is CCn1c(N2CCC(Cc3ccccc3)CC2)c(/C=C2/SC(=S)N(C3CCS(=O)(=O)C3)C2=O)c(C)c(C#N)c1=O. The number of rotatable bonds is 6. The molecule has 0 saturated carbocycles. The van der Waals surface area contributed by atoms with Gasteiger partial charge in [0.25, 0.3) is 11.5 Å². The van der Waals surface area contributed by atoms with Crippen LogP contribution in [0.5, 0.6) is 0 Å². The number of amides is 1. The van der Waals surface area contributed by atoms with Gasteiger partial charge in [0.2, 0.25) is 0 Å². The van der Waals surface area contributed by atoms with Gasteiger partial charge < -0.3 is 4.90 Å². The number of hydrogen-bond donors (Lipinski definition) is 0.